The highest BCUT2D eigenvalue weighted by atomic mass is 35.5. The molecular weight excluding hydrogens is 397 g/mol. The Balaban J connectivity index is 2.16. The Morgan fingerprint density at radius 1 is 1.11 bits per heavy atom. The zero-order valence-electron chi connectivity index (χ0n) is 14.0. The van der Waals surface area contributed by atoms with E-state index in [2.05, 4.69) is 0 Å². The maximum atomic E-state index is 12.8. The van der Waals surface area contributed by atoms with E-state index in [0.29, 0.717) is 10.8 Å². The summed E-state index contributed by atoms with van der Waals surface area (Å²) in [7, 11) is 0. The van der Waals surface area contributed by atoms with Gasteiger partial charge < -0.3 is 14.6 Å². The van der Waals surface area contributed by atoms with Gasteiger partial charge >= 0.3 is 12.1 Å². The largest absolute Gasteiger partial charge is 0.480 e. The first-order valence-electron chi connectivity index (χ1n) is 7.96. The molecule has 0 saturated heterocycles. The molecule has 3 rings (SSSR count). The summed E-state index contributed by atoms with van der Waals surface area (Å²) in [5, 5.41) is 10.2. The number of aliphatic carboxylic acids is 1. The summed E-state index contributed by atoms with van der Waals surface area (Å²) in [5.74, 6) is -2.94. The van der Waals surface area contributed by atoms with E-state index >= 15 is 0 Å². The summed E-state index contributed by atoms with van der Waals surface area (Å²) >= 11 is 5.95. The summed E-state index contributed by atoms with van der Waals surface area (Å²) in [4.78, 5) is 22.8. The molecule has 144 valence electrons. The molecule has 0 aromatic heterocycles. The van der Waals surface area contributed by atoms with Crippen LogP contribution in [0.1, 0.15) is 17.0 Å². The van der Waals surface area contributed by atoms with Gasteiger partial charge in [-0.25, -0.2) is 0 Å². The fraction of sp³-hybridized carbons (Fsp3) is 0.100. The van der Waals surface area contributed by atoms with Gasteiger partial charge in [0.15, 0.2) is 0 Å². The monoisotopic (exact) mass is 408 g/mol. The van der Waals surface area contributed by atoms with Gasteiger partial charge in [-0.15, -0.1) is 0 Å². The molecule has 0 spiro atoms. The number of rotatable bonds is 5. The number of ether oxygens (including phenoxy) is 1. The van der Waals surface area contributed by atoms with Crippen molar-refractivity contribution in [2.24, 2.45) is 0 Å². The second-order valence-electron chi connectivity index (χ2n) is 5.90. The van der Waals surface area contributed by atoms with Gasteiger partial charge in [-0.1, -0.05) is 48.0 Å². The summed E-state index contributed by atoms with van der Waals surface area (Å²) in [6, 6.07) is 12.5. The van der Waals surface area contributed by atoms with E-state index < -0.39 is 23.6 Å². The molecule has 0 amide bonds. The van der Waals surface area contributed by atoms with E-state index in [1.807, 2.05) is 0 Å². The molecule has 0 saturated carbocycles. The lowest BCUT2D eigenvalue weighted by atomic mass is 9.96. The summed E-state index contributed by atoms with van der Waals surface area (Å²) in [6.45, 7) is 0. The molecule has 0 aliphatic heterocycles. The van der Waals surface area contributed by atoms with Crippen LogP contribution in [0, 0.1) is 0 Å². The van der Waals surface area contributed by atoms with E-state index in [9.17, 15) is 27.9 Å². The number of carboxylic acids is 1. The Morgan fingerprint density at radius 3 is 2.43 bits per heavy atom. The average molecular weight is 409 g/mol. The molecule has 8 heteroatoms. The summed E-state index contributed by atoms with van der Waals surface area (Å²) < 4.78 is 44.2. The van der Waals surface area contributed by atoms with Crippen LogP contribution in [0.2, 0.25) is 5.02 Å². The highest BCUT2D eigenvalue weighted by molar-refractivity contribution is 6.32. The van der Waals surface area contributed by atoms with Crippen LogP contribution in [0.15, 0.2) is 54.6 Å². The van der Waals surface area contributed by atoms with Crippen molar-refractivity contribution in [1.82, 2.24) is 0 Å². The fourth-order valence-electron chi connectivity index (χ4n) is 2.75. The van der Waals surface area contributed by atoms with Crippen LogP contribution < -0.4 is 4.74 Å². The molecule has 1 unspecified atom stereocenters. The van der Waals surface area contributed by atoms with Crippen LogP contribution in [-0.4, -0.2) is 17.4 Å². The maximum Gasteiger partial charge on any atom is 0.416 e. The van der Waals surface area contributed by atoms with Gasteiger partial charge in [0.2, 0.25) is 0 Å². The van der Waals surface area contributed by atoms with Crippen molar-refractivity contribution < 1.29 is 32.6 Å². The van der Waals surface area contributed by atoms with Gasteiger partial charge in [-0.3, -0.25) is 4.79 Å². The normalized spacial score (nSPS) is 12.6. The SMILES string of the molecule is O=CC(C(=O)O)c1ccc2ccccc2c1Oc1ccc(C(F)(F)F)cc1Cl. The molecule has 1 N–H and O–H groups in total. The number of carbonyl (C=O) groups excluding carboxylic acids is 1. The van der Waals surface area contributed by atoms with Crippen molar-refractivity contribution in [1.29, 1.82) is 0 Å². The van der Waals surface area contributed by atoms with Gasteiger partial charge in [0.05, 0.1) is 10.6 Å². The van der Waals surface area contributed by atoms with Gasteiger partial charge in [0, 0.05) is 10.9 Å². The number of alkyl halides is 3. The van der Waals surface area contributed by atoms with E-state index in [0.717, 1.165) is 18.2 Å². The lowest BCUT2D eigenvalue weighted by molar-refractivity contribution is -0.140. The van der Waals surface area contributed by atoms with E-state index in [-0.39, 0.29) is 28.4 Å². The van der Waals surface area contributed by atoms with Crippen LogP contribution in [0.5, 0.6) is 11.5 Å². The predicted octanol–water partition coefficient (Wildman–Crippen LogP) is 5.67. The third-order valence-corrected chi connectivity index (χ3v) is 4.41. The molecular formula is C20H12ClF3O4. The molecule has 0 fully saturated rings. The zero-order chi connectivity index (χ0) is 20.5. The van der Waals surface area contributed by atoms with E-state index in [1.54, 1.807) is 30.3 Å². The number of benzene rings is 3. The number of carboxylic acid groups (broad SMARTS) is 1. The zero-order valence-corrected chi connectivity index (χ0v) is 14.8. The van der Waals surface area contributed by atoms with Crippen LogP contribution >= 0.6 is 11.6 Å². The maximum absolute atomic E-state index is 12.8. The third kappa shape index (κ3) is 3.80. The van der Waals surface area contributed by atoms with Crippen molar-refractivity contribution in [3.63, 3.8) is 0 Å². The predicted molar refractivity (Wildman–Crippen MR) is 96.9 cm³/mol. The number of hydrogen-bond acceptors (Lipinski definition) is 3. The third-order valence-electron chi connectivity index (χ3n) is 4.12. The number of halogens is 4. The van der Waals surface area contributed by atoms with Crippen LogP contribution in [0.4, 0.5) is 13.2 Å². The summed E-state index contributed by atoms with van der Waals surface area (Å²) in [5.41, 5.74) is -0.878. The molecule has 28 heavy (non-hydrogen) atoms. The van der Waals surface area contributed by atoms with Crippen molar-refractivity contribution in [2.75, 3.05) is 0 Å². The van der Waals surface area contributed by atoms with Crippen molar-refractivity contribution in [3.05, 3.63) is 70.7 Å². The Hall–Kier alpha value is -3.06. The minimum Gasteiger partial charge on any atom is -0.480 e. The first-order chi connectivity index (χ1) is 13.2. The first-order valence-corrected chi connectivity index (χ1v) is 8.34. The molecule has 3 aromatic carbocycles. The Kier molecular flexibility index (Phi) is 5.29. The van der Waals surface area contributed by atoms with Gasteiger partial charge in [0.25, 0.3) is 0 Å². The first kappa shape index (κ1) is 19.7. The Morgan fingerprint density at radius 2 is 1.82 bits per heavy atom. The number of hydrogen-bond donors (Lipinski definition) is 1. The van der Waals surface area contributed by atoms with Gasteiger partial charge in [0.1, 0.15) is 23.7 Å². The quantitative estimate of drug-likeness (QED) is 0.436. The second-order valence-corrected chi connectivity index (χ2v) is 6.31. The molecule has 0 heterocycles. The van der Waals surface area contributed by atoms with Gasteiger partial charge in [-0.2, -0.15) is 13.2 Å². The standard InChI is InChI=1S/C20H12ClF3O4/c21-16-9-12(20(22,23)24)6-8-17(16)28-18-13-4-2-1-3-11(13)5-7-14(18)15(10-25)19(26)27/h1-10,15H,(H,26,27). The van der Waals surface area contributed by atoms with Crippen molar-refractivity contribution in [3.8, 4) is 11.5 Å². The minimum atomic E-state index is -4.57. The molecule has 3 aromatic rings. The second kappa shape index (κ2) is 7.52. The molecule has 0 bridgehead atoms. The van der Waals surface area contributed by atoms with Crippen molar-refractivity contribution in [2.45, 2.75) is 12.1 Å². The van der Waals surface area contributed by atoms with Crippen LogP contribution in [-0.2, 0) is 15.8 Å². The number of fused-ring (bicyclic) bond motifs is 1. The Bertz CT molecular complexity index is 1060. The van der Waals surface area contributed by atoms with Crippen molar-refractivity contribution >= 4 is 34.6 Å². The number of aldehydes is 1. The summed E-state index contributed by atoms with van der Waals surface area (Å²) in [6.07, 6.45) is -4.31. The van der Waals surface area contributed by atoms with Gasteiger partial charge in [-0.05, 0) is 23.6 Å². The number of carbonyl (C=O) groups is 2. The average Bonchev–Trinajstić information content (AvgIpc) is 2.64. The fourth-order valence-corrected chi connectivity index (χ4v) is 2.97. The molecule has 0 aliphatic carbocycles. The minimum absolute atomic E-state index is 0.0410. The Labute approximate surface area is 162 Å². The molecule has 4 nitrogen and oxygen atoms in total. The lowest BCUT2D eigenvalue weighted by Crippen LogP contribution is -2.14. The molecule has 1 atom stereocenters. The van der Waals surface area contributed by atoms with E-state index in [4.69, 9.17) is 16.3 Å². The molecule has 0 radical (unpaired) electrons. The lowest BCUT2D eigenvalue weighted by Gasteiger charge is -2.17. The molecule has 0 aliphatic rings. The smallest absolute Gasteiger partial charge is 0.416 e. The highest BCUT2D eigenvalue weighted by Crippen LogP contribution is 2.41. The van der Waals surface area contributed by atoms with Crippen LogP contribution in [0.25, 0.3) is 10.8 Å². The topological polar surface area (TPSA) is 63.6 Å². The highest BCUT2D eigenvalue weighted by Gasteiger charge is 2.31. The van der Waals surface area contributed by atoms with E-state index in [1.165, 1.54) is 6.07 Å². The van der Waals surface area contributed by atoms with Crippen LogP contribution in [0.3, 0.4) is 0 Å².